The highest BCUT2D eigenvalue weighted by molar-refractivity contribution is 7.15. The molecule has 1 aromatic heterocycles. The summed E-state index contributed by atoms with van der Waals surface area (Å²) in [7, 11) is 0. The number of thiazole rings is 1. The fourth-order valence-corrected chi connectivity index (χ4v) is 4.47. The monoisotopic (exact) mass is 307 g/mol. The van der Waals surface area contributed by atoms with Crippen LogP contribution in [0.3, 0.4) is 0 Å². The van der Waals surface area contributed by atoms with Gasteiger partial charge in [-0.05, 0) is 44.6 Å². The summed E-state index contributed by atoms with van der Waals surface area (Å²) in [6, 6.07) is 0. The molecule has 1 aromatic rings. The average Bonchev–Trinajstić information content (AvgIpc) is 3.07. The molecule has 1 aliphatic heterocycles. The molecule has 2 fully saturated rings. The molecule has 1 atom stereocenters. The van der Waals surface area contributed by atoms with Crippen LogP contribution in [0.15, 0.2) is 0 Å². The number of nitrogens with one attached hydrogen (secondary N) is 1. The van der Waals surface area contributed by atoms with Gasteiger partial charge in [0.05, 0.1) is 5.69 Å². The largest absolute Gasteiger partial charge is 0.348 e. The fourth-order valence-electron chi connectivity index (χ4n) is 3.32. The lowest BCUT2D eigenvalue weighted by atomic mass is 10.0. The minimum Gasteiger partial charge on any atom is -0.348 e. The van der Waals surface area contributed by atoms with Crippen molar-refractivity contribution < 1.29 is 0 Å². The van der Waals surface area contributed by atoms with Crippen LogP contribution in [0.25, 0.3) is 0 Å². The molecule has 118 valence electrons. The van der Waals surface area contributed by atoms with Crippen molar-refractivity contribution in [2.24, 2.45) is 5.92 Å². The first-order valence-electron chi connectivity index (χ1n) is 8.77. The molecule has 2 aliphatic rings. The van der Waals surface area contributed by atoms with Crippen molar-refractivity contribution in [1.29, 1.82) is 0 Å². The highest BCUT2D eigenvalue weighted by Gasteiger charge is 2.31. The molecule has 0 aromatic carbocycles. The highest BCUT2D eigenvalue weighted by atomic mass is 32.1. The van der Waals surface area contributed by atoms with Gasteiger partial charge in [0, 0.05) is 30.4 Å². The lowest BCUT2D eigenvalue weighted by molar-refractivity contribution is 0.529. The Morgan fingerprint density at radius 1 is 1.24 bits per heavy atom. The van der Waals surface area contributed by atoms with Crippen LogP contribution >= 0.6 is 11.3 Å². The van der Waals surface area contributed by atoms with Gasteiger partial charge in [-0.2, -0.15) is 0 Å². The lowest BCUT2D eigenvalue weighted by Crippen LogP contribution is -2.19. The van der Waals surface area contributed by atoms with Crippen LogP contribution in [0.2, 0.25) is 0 Å². The predicted octanol–water partition coefficient (Wildman–Crippen LogP) is 4.15. The van der Waals surface area contributed by atoms with Gasteiger partial charge in [-0.3, -0.25) is 0 Å². The second-order valence-electron chi connectivity index (χ2n) is 6.65. The van der Waals surface area contributed by atoms with Gasteiger partial charge in [0.2, 0.25) is 0 Å². The zero-order valence-corrected chi connectivity index (χ0v) is 14.3. The predicted molar refractivity (Wildman–Crippen MR) is 91.3 cm³/mol. The first-order valence-corrected chi connectivity index (χ1v) is 9.58. The van der Waals surface area contributed by atoms with E-state index in [1.54, 1.807) is 0 Å². The molecular weight excluding hydrogens is 278 g/mol. The van der Waals surface area contributed by atoms with Crippen molar-refractivity contribution >= 4 is 16.5 Å². The van der Waals surface area contributed by atoms with E-state index in [0.717, 1.165) is 24.9 Å². The molecule has 0 bridgehead atoms. The van der Waals surface area contributed by atoms with Gasteiger partial charge >= 0.3 is 0 Å². The van der Waals surface area contributed by atoms with E-state index in [4.69, 9.17) is 4.98 Å². The van der Waals surface area contributed by atoms with Crippen LogP contribution in [0, 0.1) is 5.92 Å². The molecule has 1 N–H and O–H groups in total. The lowest BCUT2D eigenvalue weighted by Gasteiger charge is -2.14. The van der Waals surface area contributed by atoms with Crippen molar-refractivity contribution in [3.8, 4) is 0 Å². The normalized spacial score (nSPS) is 22.2. The van der Waals surface area contributed by atoms with Gasteiger partial charge < -0.3 is 10.2 Å². The summed E-state index contributed by atoms with van der Waals surface area (Å²) in [5, 5.41) is 4.85. The van der Waals surface area contributed by atoms with E-state index in [0.29, 0.717) is 0 Å². The molecule has 1 saturated heterocycles. The number of aromatic nitrogens is 1. The van der Waals surface area contributed by atoms with Gasteiger partial charge in [0.15, 0.2) is 5.13 Å². The number of rotatable bonds is 8. The van der Waals surface area contributed by atoms with Crippen LogP contribution < -0.4 is 10.2 Å². The first-order chi connectivity index (χ1) is 10.3. The van der Waals surface area contributed by atoms with E-state index in [-0.39, 0.29) is 0 Å². The van der Waals surface area contributed by atoms with Crippen LogP contribution in [-0.4, -0.2) is 24.6 Å². The summed E-state index contributed by atoms with van der Waals surface area (Å²) in [5.74, 6) is 1.66. The minimum atomic E-state index is 0.766. The third-order valence-electron chi connectivity index (χ3n) is 4.65. The molecular formula is C17H29N3S. The molecule has 0 amide bonds. The summed E-state index contributed by atoms with van der Waals surface area (Å²) < 4.78 is 0. The van der Waals surface area contributed by atoms with Gasteiger partial charge in [-0.1, -0.05) is 20.3 Å². The standard InChI is InChI=1S/C17H29N3S/c1-3-5-13-8-10-20(12-13)17-19-16(14-6-7-14)15(21-17)11-18-9-4-2/h13-14,18H,3-12H2,1-2H3. The van der Waals surface area contributed by atoms with Crippen molar-refractivity contribution in [2.45, 2.75) is 64.8 Å². The van der Waals surface area contributed by atoms with Crippen LogP contribution in [0.5, 0.6) is 0 Å². The molecule has 21 heavy (non-hydrogen) atoms. The average molecular weight is 308 g/mol. The van der Waals surface area contributed by atoms with Crippen LogP contribution in [-0.2, 0) is 6.54 Å². The number of nitrogens with zero attached hydrogens (tertiary/aromatic N) is 2. The maximum absolute atomic E-state index is 5.03. The summed E-state index contributed by atoms with van der Waals surface area (Å²) in [6.07, 6.45) is 7.95. The highest BCUT2D eigenvalue weighted by Crippen LogP contribution is 2.44. The van der Waals surface area contributed by atoms with E-state index >= 15 is 0 Å². The smallest absolute Gasteiger partial charge is 0.185 e. The Kier molecular flexibility index (Phi) is 5.17. The third kappa shape index (κ3) is 3.78. The molecule has 0 spiro atoms. The molecule has 3 nitrogen and oxygen atoms in total. The number of hydrogen-bond acceptors (Lipinski definition) is 4. The van der Waals surface area contributed by atoms with E-state index in [2.05, 4.69) is 24.1 Å². The quantitative estimate of drug-likeness (QED) is 0.731. The van der Waals surface area contributed by atoms with E-state index in [9.17, 15) is 0 Å². The van der Waals surface area contributed by atoms with Crippen molar-refractivity contribution in [3.05, 3.63) is 10.6 Å². The van der Waals surface area contributed by atoms with Crippen molar-refractivity contribution in [3.63, 3.8) is 0 Å². The summed E-state index contributed by atoms with van der Waals surface area (Å²) >= 11 is 1.95. The first kappa shape index (κ1) is 15.3. The fraction of sp³-hybridized carbons (Fsp3) is 0.824. The Morgan fingerprint density at radius 2 is 2.10 bits per heavy atom. The zero-order chi connectivity index (χ0) is 14.7. The van der Waals surface area contributed by atoms with Crippen LogP contribution in [0.1, 0.15) is 68.9 Å². The summed E-state index contributed by atoms with van der Waals surface area (Å²) in [6.45, 7) is 9.10. The van der Waals surface area contributed by atoms with Gasteiger partial charge in [0.25, 0.3) is 0 Å². The SMILES string of the molecule is CCCNCc1sc(N2CCC(CCC)C2)nc1C1CC1. The van der Waals surface area contributed by atoms with Crippen LogP contribution in [0.4, 0.5) is 5.13 Å². The summed E-state index contributed by atoms with van der Waals surface area (Å²) in [4.78, 5) is 9.07. The van der Waals surface area contributed by atoms with Gasteiger partial charge in [-0.15, -0.1) is 11.3 Å². The minimum absolute atomic E-state index is 0.766. The molecule has 4 heteroatoms. The van der Waals surface area contributed by atoms with Crippen molar-refractivity contribution in [1.82, 2.24) is 10.3 Å². The zero-order valence-electron chi connectivity index (χ0n) is 13.5. The Balaban J connectivity index is 1.66. The summed E-state index contributed by atoms with van der Waals surface area (Å²) in [5.41, 5.74) is 1.41. The Morgan fingerprint density at radius 3 is 2.81 bits per heavy atom. The molecule has 1 unspecified atom stereocenters. The van der Waals surface area contributed by atoms with E-state index in [1.807, 2.05) is 11.3 Å². The Bertz CT molecular complexity index is 453. The maximum Gasteiger partial charge on any atom is 0.185 e. The third-order valence-corrected chi connectivity index (χ3v) is 5.78. The Hall–Kier alpha value is -0.610. The van der Waals surface area contributed by atoms with Gasteiger partial charge in [-0.25, -0.2) is 4.98 Å². The molecule has 3 rings (SSSR count). The number of anilines is 1. The second-order valence-corrected chi connectivity index (χ2v) is 7.71. The van der Waals surface area contributed by atoms with Crippen molar-refractivity contribution in [2.75, 3.05) is 24.5 Å². The number of hydrogen-bond donors (Lipinski definition) is 1. The molecule has 1 aliphatic carbocycles. The van der Waals surface area contributed by atoms with E-state index < -0.39 is 0 Å². The topological polar surface area (TPSA) is 28.2 Å². The second kappa shape index (κ2) is 7.10. The van der Waals surface area contributed by atoms with Gasteiger partial charge in [0.1, 0.15) is 0 Å². The molecule has 0 radical (unpaired) electrons. The molecule has 1 saturated carbocycles. The van der Waals surface area contributed by atoms with E-state index in [1.165, 1.54) is 67.3 Å². The maximum atomic E-state index is 5.03. The Labute approximate surface area is 133 Å². The molecule has 2 heterocycles.